The van der Waals surface area contributed by atoms with Crippen molar-refractivity contribution in [2.24, 2.45) is 0 Å². The molecule has 0 radical (unpaired) electrons. The van der Waals surface area contributed by atoms with Crippen LogP contribution in [0.25, 0.3) is 0 Å². The Morgan fingerprint density at radius 1 is 1.00 bits per heavy atom. The number of hydrogen-bond acceptors (Lipinski definition) is 8. The molecule has 0 aliphatic heterocycles. The van der Waals surface area contributed by atoms with Crippen molar-refractivity contribution in [2.45, 2.75) is 56.9 Å². The fraction of sp³-hybridized carbons (Fsp3) is 0.909. The minimum atomic E-state index is -2.09. The van der Waals surface area contributed by atoms with Crippen molar-refractivity contribution >= 4 is 5.97 Å². The summed E-state index contributed by atoms with van der Waals surface area (Å²) in [5.74, 6) is -1.18. The van der Waals surface area contributed by atoms with Crippen LogP contribution in [0.2, 0.25) is 0 Å². The number of aliphatic hydroxyl groups excluding tert-OH is 6. The summed E-state index contributed by atoms with van der Waals surface area (Å²) < 4.78 is 4.78. The smallest absolute Gasteiger partial charge is 0.338 e. The first-order valence-electron chi connectivity index (χ1n) is 5.75. The molecule has 0 spiro atoms. The molecule has 19 heavy (non-hydrogen) atoms. The van der Waals surface area contributed by atoms with Crippen LogP contribution >= 0.6 is 0 Å². The highest BCUT2D eigenvalue weighted by Crippen LogP contribution is 2.13. The Morgan fingerprint density at radius 3 is 1.84 bits per heavy atom. The van der Waals surface area contributed by atoms with Crippen LogP contribution < -0.4 is 0 Å². The van der Waals surface area contributed by atoms with Gasteiger partial charge in [0, 0.05) is 0 Å². The molecule has 6 N–H and O–H groups in total. The maximum atomic E-state index is 11.4. The normalized spacial score (nSPS) is 20.3. The molecule has 0 amide bonds. The Labute approximate surface area is 110 Å². The van der Waals surface area contributed by atoms with Gasteiger partial charge in [0.1, 0.15) is 30.0 Å². The van der Waals surface area contributed by atoms with Crippen molar-refractivity contribution < 1.29 is 40.2 Å². The molecule has 8 nitrogen and oxygen atoms in total. The lowest BCUT2D eigenvalue weighted by Gasteiger charge is -2.29. The summed E-state index contributed by atoms with van der Waals surface area (Å²) in [6.07, 6.45) is -9.81. The second-order valence-corrected chi connectivity index (χ2v) is 5.20. The highest BCUT2D eigenvalue weighted by Gasteiger charge is 2.38. The Kier molecular flexibility index (Phi) is 6.84. The van der Waals surface area contributed by atoms with E-state index in [9.17, 15) is 25.2 Å². The van der Waals surface area contributed by atoms with Gasteiger partial charge < -0.3 is 35.4 Å². The summed E-state index contributed by atoms with van der Waals surface area (Å²) in [6.45, 7) is 3.79. The van der Waals surface area contributed by atoms with E-state index in [1.165, 1.54) is 0 Å². The van der Waals surface area contributed by atoms with E-state index < -0.39 is 48.7 Å². The molecule has 114 valence electrons. The summed E-state index contributed by atoms with van der Waals surface area (Å²) >= 11 is 0. The van der Waals surface area contributed by atoms with Crippen LogP contribution in [0.15, 0.2) is 0 Å². The third-order valence-electron chi connectivity index (χ3n) is 2.25. The number of carbonyl (C=O) groups excluding carboxylic acids is 1. The Morgan fingerprint density at radius 2 is 1.47 bits per heavy atom. The molecule has 0 saturated carbocycles. The van der Waals surface area contributed by atoms with Crippen LogP contribution in [-0.4, -0.2) is 79.3 Å². The average molecular weight is 282 g/mol. The molecule has 0 heterocycles. The Balaban J connectivity index is 4.63. The van der Waals surface area contributed by atoms with Gasteiger partial charge in [-0.25, -0.2) is 4.79 Å². The van der Waals surface area contributed by atoms with Gasteiger partial charge in [-0.05, 0) is 20.8 Å². The number of ether oxygens (including phenoxy) is 1. The Bertz CT molecular complexity index is 287. The standard InChI is InChI=1S/C11H22O8/c1-11(2,3)19-10(18)9(17)8(16)7(15)6(14)5(13)4-12/h5-9,12-17H,4H2,1-3H3/t5-,6+,7-,8-,9+/m1/s1. The molecule has 0 bridgehead atoms. The van der Waals surface area contributed by atoms with E-state index in [4.69, 9.17) is 14.9 Å². The highest BCUT2D eigenvalue weighted by atomic mass is 16.6. The first-order valence-corrected chi connectivity index (χ1v) is 5.75. The van der Waals surface area contributed by atoms with Crippen LogP contribution in [0.4, 0.5) is 0 Å². The third kappa shape index (κ3) is 5.81. The minimum Gasteiger partial charge on any atom is -0.458 e. The van der Waals surface area contributed by atoms with Crippen LogP contribution in [0.1, 0.15) is 20.8 Å². The minimum absolute atomic E-state index is 0.854. The molecule has 0 aromatic carbocycles. The summed E-state index contributed by atoms with van der Waals surface area (Å²) in [5.41, 5.74) is -0.897. The highest BCUT2D eigenvalue weighted by molar-refractivity contribution is 5.75. The van der Waals surface area contributed by atoms with Gasteiger partial charge in [-0.3, -0.25) is 0 Å². The maximum absolute atomic E-state index is 11.4. The van der Waals surface area contributed by atoms with E-state index in [1.54, 1.807) is 20.8 Å². The molecule has 5 atom stereocenters. The maximum Gasteiger partial charge on any atom is 0.338 e. The number of aliphatic hydroxyl groups is 6. The van der Waals surface area contributed by atoms with Gasteiger partial charge in [-0.15, -0.1) is 0 Å². The monoisotopic (exact) mass is 282 g/mol. The second kappa shape index (κ2) is 7.13. The predicted octanol–water partition coefficient (Wildman–Crippen LogP) is -2.88. The van der Waals surface area contributed by atoms with Crippen molar-refractivity contribution in [1.29, 1.82) is 0 Å². The zero-order chi connectivity index (χ0) is 15.4. The third-order valence-corrected chi connectivity index (χ3v) is 2.25. The van der Waals surface area contributed by atoms with Gasteiger partial charge in [0.25, 0.3) is 0 Å². The molecule has 0 aliphatic carbocycles. The fourth-order valence-corrected chi connectivity index (χ4v) is 1.23. The van der Waals surface area contributed by atoms with E-state index in [-0.39, 0.29) is 0 Å². The van der Waals surface area contributed by atoms with Crippen molar-refractivity contribution in [3.05, 3.63) is 0 Å². The molecule has 0 fully saturated rings. The molecule has 8 heteroatoms. The number of carbonyl (C=O) groups is 1. The van der Waals surface area contributed by atoms with Crippen molar-refractivity contribution in [1.82, 2.24) is 0 Å². The molecule has 0 aliphatic rings. The molecule has 0 saturated heterocycles. The van der Waals surface area contributed by atoms with Crippen molar-refractivity contribution in [3.63, 3.8) is 0 Å². The van der Waals surface area contributed by atoms with E-state index in [0.29, 0.717) is 0 Å². The van der Waals surface area contributed by atoms with E-state index in [0.717, 1.165) is 0 Å². The molecule has 0 aromatic rings. The molecule has 0 aromatic heterocycles. The van der Waals surface area contributed by atoms with E-state index in [1.807, 2.05) is 0 Å². The molecule has 0 rings (SSSR count). The predicted molar refractivity (Wildman–Crippen MR) is 63.0 cm³/mol. The summed E-state index contributed by atoms with van der Waals surface area (Å²) in [7, 11) is 0. The zero-order valence-electron chi connectivity index (χ0n) is 11.1. The summed E-state index contributed by atoms with van der Waals surface area (Å²) in [6, 6.07) is 0. The van der Waals surface area contributed by atoms with Crippen LogP contribution in [0.3, 0.4) is 0 Å². The van der Waals surface area contributed by atoms with Crippen molar-refractivity contribution in [2.75, 3.05) is 6.61 Å². The van der Waals surface area contributed by atoms with Crippen LogP contribution in [0.5, 0.6) is 0 Å². The van der Waals surface area contributed by atoms with Crippen LogP contribution in [0, 0.1) is 0 Å². The molecular formula is C11H22O8. The average Bonchev–Trinajstić information content (AvgIpc) is 2.31. The molecular weight excluding hydrogens is 260 g/mol. The van der Waals surface area contributed by atoms with Gasteiger partial charge in [0.05, 0.1) is 6.61 Å². The topological polar surface area (TPSA) is 148 Å². The van der Waals surface area contributed by atoms with Crippen LogP contribution in [-0.2, 0) is 9.53 Å². The van der Waals surface area contributed by atoms with Gasteiger partial charge >= 0.3 is 5.97 Å². The van der Waals surface area contributed by atoms with Crippen molar-refractivity contribution in [3.8, 4) is 0 Å². The van der Waals surface area contributed by atoms with E-state index in [2.05, 4.69) is 0 Å². The van der Waals surface area contributed by atoms with Gasteiger partial charge in [-0.1, -0.05) is 0 Å². The summed E-state index contributed by atoms with van der Waals surface area (Å²) in [5, 5.41) is 55.5. The number of rotatable bonds is 6. The zero-order valence-corrected chi connectivity index (χ0v) is 11.1. The van der Waals surface area contributed by atoms with E-state index >= 15 is 0 Å². The van der Waals surface area contributed by atoms with Gasteiger partial charge in [0.15, 0.2) is 6.10 Å². The Hall–Kier alpha value is -0.770. The first-order chi connectivity index (χ1) is 8.51. The fourth-order valence-electron chi connectivity index (χ4n) is 1.23. The molecule has 0 unspecified atom stereocenters. The lowest BCUT2D eigenvalue weighted by molar-refractivity contribution is -0.183. The summed E-state index contributed by atoms with van der Waals surface area (Å²) in [4.78, 5) is 11.4. The number of esters is 1. The second-order valence-electron chi connectivity index (χ2n) is 5.20. The number of hydrogen-bond donors (Lipinski definition) is 6. The lowest BCUT2D eigenvalue weighted by atomic mass is 9.99. The largest absolute Gasteiger partial charge is 0.458 e. The quantitative estimate of drug-likeness (QED) is 0.285. The van der Waals surface area contributed by atoms with Gasteiger partial charge in [0.2, 0.25) is 0 Å². The lowest BCUT2D eigenvalue weighted by Crippen LogP contribution is -2.52. The first kappa shape index (κ1) is 18.2. The SMILES string of the molecule is CC(C)(C)OC(=O)[C@@H](O)[C@H](O)[C@H](O)[C@@H](O)[C@H](O)CO. The van der Waals surface area contributed by atoms with Gasteiger partial charge in [-0.2, -0.15) is 0 Å².